The van der Waals surface area contributed by atoms with Crippen LogP contribution in [0.1, 0.15) is 40.7 Å². The van der Waals surface area contributed by atoms with Crippen LogP contribution in [0.2, 0.25) is 0 Å². The summed E-state index contributed by atoms with van der Waals surface area (Å²) in [7, 11) is 2.13. The first-order valence-corrected chi connectivity index (χ1v) is 13.2. The summed E-state index contributed by atoms with van der Waals surface area (Å²) >= 11 is 0. The van der Waals surface area contributed by atoms with Gasteiger partial charge in [0.1, 0.15) is 5.39 Å². The van der Waals surface area contributed by atoms with Gasteiger partial charge in [0.2, 0.25) is 12.4 Å². The molecule has 3 aromatic rings. The van der Waals surface area contributed by atoms with Crippen molar-refractivity contribution >= 4 is 40.5 Å². The molecule has 1 N–H and O–H groups in total. The lowest BCUT2D eigenvalue weighted by Crippen LogP contribution is -2.44. The van der Waals surface area contributed by atoms with Crippen LogP contribution in [0, 0.1) is 0 Å². The molecule has 0 unspecified atom stereocenters. The Kier molecular flexibility index (Phi) is 8.49. The number of anilines is 3. The van der Waals surface area contributed by atoms with Crippen molar-refractivity contribution in [2.45, 2.75) is 46.7 Å². The van der Waals surface area contributed by atoms with Crippen molar-refractivity contribution in [2.75, 3.05) is 43.4 Å². The molecule has 1 aliphatic rings. The molecule has 1 aromatic carbocycles. The minimum atomic E-state index is -0.478. The van der Waals surface area contributed by atoms with Crippen LogP contribution in [0.15, 0.2) is 53.4 Å². The number of carbonyl (C=O) groups excluding carboxylic acids is 1. The monoisotopic (exact) mass is 536 g/mol. The molecule has 208 valence electrons. The number of carbonyl (C=O) groups is 1. The normalized spacial score (nSPS) is 15.5. The second-order valence-corrected chi connectivity index (χ2v) is 10.4. The second-order valence-electron chi connectivity index (χ2n) is 10.4. The number of amides is 1. The highest BCUT2D eigenvalue weighted by molar-refractivity contribution is 5.80. The van der Waals surface area contributed by atoms with Gasteiger partial charge < -0.3 is 20.0 Å². The molecule has 1 saturated heterocycles. The number of piperazine rings is 1. The number of halogens is 1. The maximum Gasteiger partial charge on any atom is 0.278 e. The van der Waals surface area contributed by atoms with Gasteiger partial charge in [-0.3, -0.25) is 9.59 Å². The van der Waals surface area contributed by atoms with Crippen LogP contribution < -0.4 is 15.8 Å². The van der Waals surface area contributed by atoms with Gasteiger partial charge in [0, 0.05) is 62.0 Å². The van der Waals surface area contributed by atoms with Crippen LogP contribution in [0.5, 0.6) is 0 Å². The quantitative estimate of drug-likeness (QED) is 0.324. The summed E-state index contributed by atoms with van der Waals surface area (Å²) in [5.41, 5.74) is 2.24. The fraction of sp³-hybridized carbons (Fsp3) is 0.429. The molecule has 39 heavy (non-hydrogen) atoms. The van der Waals surface area contributed by atoms with Crippen molar-refractivity contribution in [3.05, 3.63) is 58.9 Å². The minimum absolute atomic E-state index is 0.174. The summed E-state index contributed by atoms with van der Waals surface area (Å²) in [6.07, 6.45) is 4.95. The molecule has 0 bridgehead atoms. The van der Waals surface area contributed by atoms with Crippen molar-refractivity contribution in [3.8, 4) is 0 Å². The van der Waals surface area contributed by atoms with Gasteiger partial charge in [-0.15, -0.1) is 0 Å². The molecule has 1 fully saturated rings. The van der Waals surface area contributed by atoms with Crippen LogP contribution in [0.3, 0.4) is 0 Å². The molecule has 1 aliphatic heterocycles. The number of likely N-dealkylation sites (N-methyl/N-ethyl adjacent to an activating group) is 1. The van der Waals surface area contributed by atoms with E-state index < -0.39 is 5.83 Å². The predicted octanol–water partition coefficient (Wildman–Crippen LogP) is 4.21. The lowest BCUT2D eigenvalue weighted by molar-refractivity contribution is -0.117. The molecule has 3 heterocycles. The largest absolute Gasteiger partial charge is 0.369 e. The zero-order valence-corrected chi connectivity index (χ0v) is 23.4. The highest BCUT2D eigenvalue weighted by atomic mass is 19.1. The number of hydrogen-bond acceptors (Lipinski definition) is 7. The second kappa shape index (κ2) is 11.8. The molecular formula is C28H37FN8O2. The molecular weight excluding hydrogens is 499 g/mol. The van der Waals surface area contributed by atoms with Crippen molar-refractivity contribution in [2.24, 2.45) is 0 Å². The van der Waals surface area contributed by atoms with Gasteiger partial charge in [0.15, 0.2) is 5.65 Å². The lowest BCUT2D eigenvalue weighted by Gasteiger charge is -2.34. The highest BCUT2D eigenvalue weighted by Gasteiger charge is 2.21. The molecule has 0 radical (unpaired) electrons. The Morgan fingerprint density at radius 2 is 1.77 bits per heavy atom. The summed E-state index contributed by atoms with van der Waals surface area (Å²) in [6, 6.07) is 7.62. The molecule has 10 nitrogen and oxygen atoms in total. The van der Waals surface area contributed by atoms with Crippen LogP contribution in [-0.4, -0.2) is 74.8 Å². The van der Waals surface area contributed by atoms with Crippen molar-refractivity contribution in [1.82, 2.24) is 29.1 Å². The predicted molar refractivity (Wildman–Crippen MR) is 154 cm³/mol. The summed E-state index contributed by atoms with van der Waals surface area (Å²) in [5.74, 6) is -0.186. The number of benzene rings is 1. The van der Waals surface area contributed by atoms with Gasteiger partial charge in [0.05, 0.1) is 11.5 Å². The molecule has 0 atom stereocenters. The molecule has 4 rings (SSSR count). The number of fused-ring (bicyclic) bond motifs is 1. The first-order chi connectivity index (χ1) is 18.6. The number of nitrogens with one attached hydrogen (secondary N) is 1. The fourth-order valence-electron chi connectivity index (χ4n) is 4.53. The molecule has 0 saturated carbocycles. The Bertz CT molecular complexity index is 1430. The third-order valence-electron chi connectivity index (χ3n) is 6.69. The first-order valence-electron chi connectivity index (χ1n) is 13.2. The van der Waals surface area contributed by atoms with Gasteiger partial charge in [-0.05, 0) is 72.0 Å². The van der Waals surface area contributed by atoms with Crippen LogP contribution >= 0.6 is 0 Å². The zero-order chi connectivity index (χ0) is 28.3. The zero-order valence-electron chi connectivity index (χ0n) is 23.4. The van der Waals surface area contributed by atoms with E-state index in [9.17, 15) is 14.0 Å². The SMILES string of the molecule is C/C(F)=C\C(=C/N(C=O)C(C)C)n1c2nc(Nc3ccc(N4CCN(C)CC4)cc3)ncc2c(=O)n1C(C)C. The third-order valence-corrected chi connectivity index (χ3v) is 6.69. The van der Waals surface area contributed by atoms with Crippen molar-refractivity contribution in [1.29, 1.82) is 0 Å². The van der Waals surface area contributed by atoms with E-state index in [4.69, 9.17) is 0 Å². The lowest BCUT2D eigenvalue weighted by atomic mass is 10.2. The van der Waals surface area contributed by atoms with Crippen LogP contribution in [0.25, 0.3) is 16.7 Å². The smallest absolute Gasteiger partial charge is 0.278 e. The number of rotatable bonds is 9. The number of nitrogens with zero attached hydrogens (tertiary/aromatic N) is 7. The summed E-state index contributed by atoms with van der Waals surface area (Å²) < 4.78 is 17.3. The Morgan fingerprint density at radius 1 is 1.10 bits per heavy atom. The Morgan fingerprint density at radius 3 is 2.33 bits per heavy atom. The number of aromatic nitrogens is 4. The fourth-order valence-corrected chi connectivity index (χ4v) is 4.53. The maximum absolute atomic E-state index is 14.2. The van der Waals surface area contributed by atoms with Gasteiger partial charge >= 0.3 is 0 Å². The number of allylic oxidation sites excluding steroid dienone is 3. The van der Waals surface area contributed by atoms with Crippen LogP contribution in [0.4, 0.5) is 21.7 Å². The summed E-state index contributed by atoms with van der Waals surface area (Å²) in [4.78, 5) is 40.2. The Hall–Kier alpha value is -3.99. The molecule has 0 aliphatic carbocycles. The van der Waals surface area contributed by atoms with E-state index >= 15 is 0 Å². The van der Waals surface area contributed by atoms with E-state index in [1.165, 1.54) is 35.0 Å². The summed E-state index contributed by atoms with van der Waals surface area (Å²) in [6.45, 7) is 12.7. The first kappa shape index (κ1) is 28.0. The van der Waals surface area contributed by atoms with E-state index in [2.05, 4.69) is 44.3 Å². The van der Waals surface area contributed by atoms with Crippen molar-refractivity contribution in [3.63, 3.8) is 0 Å². The van der Waals surface area contributed by atoms with E-state index in [1.807, 2.05) is 39.8 Å². The highest BCUT2D eigenvalue weighted by Crippen LogP contribution is 2.24. The topological polar surface area (TPSA) is 91.5 Å². The standard InChI is InChI=1S/C28H37FN8O2/c1-19(2)35(18-38)17-24(15-21(5)29)37-26-25(27(39)36(37)20(3)4)16-30-28(32-26)31-22-7-9-23(10-8-22)34-13-11-33(6)12-14-34/h7-10,15-20H,11-14H2,1-6H3,(H,30,31,32)/b21-15+,24-17+. The average molecular weight is 537 g/mol. The van der Waals surface area contributed by atoms with E-state index in [-0.39, 0.29) is 28.7 Å². The Balaban J connectivity index is 1.75. The summed E-state index contributed by atoms with van der Waals surface area (Å²) in [5, 5.41) is 3.51. The molecule has 1 amide bonds. The average Bonchev–Trinajstić information content (AvgIpc) is 3.19. The van der Waals surface area contributed by atoms with Gasteiger partial charge in [0.25, 0.3) is 5.56 Å². The third kappa shape index (κ3) is 6.19. The van der Waals surface area contributed by atoms with Gasteiger partial charge in [-0.25, -0.2) is 18.7 Å². The van der Waals surface area contributed by atoms with Crippen molar-refractivity contribution < 1.29 is 9.18 Å². The molecule has 0 spiro atoms. The van der Waals surface area contributed by atoms with E-state index in [0.717, 1.165) is 37.6 Å². The van der Waals surface area contributed by atoms with E-state index in [0.29, 0.717) is 18.0 Å². The van der Waals surface area contributed by atoms with Gasteiger partial charge in [-0.2, -0.15) is 4.98 Å². The molecule has 2 aromatic heterocycles. The minimum Gasteiger partial charge on any atom is -0.369 e. The maximum atomic E-state index is 14.2. The molecule has 11 heteroatoms. The Labute approximate surface area is 228 Å². The van der Waals surface area contributed by atoms with Gasteiger partial charge in [-0.1, -0.05) is 0 Å². The van der Waals surface area contributed by atoms with E-state index in [1.54, 1.807) is 4.68 Å². The number of hydrogen-bond donors (Lipinski definition) is 1. The van der Waals surface area contributed by atoms with Crippen LogP contribution in [-0.2, 0) is 4.79 Å².